The highest BCUT2D eigenvalue weighted by atomic mass is 16.5. The van der Waals surface area contributed by atoms with Gasteiger partial charge in [0.25, 0.3) is 0 Å². The average molecular weight is 413 g/mol. The maximum absolute atomic E-state index is 13.4. The third kappa shape index (κ3) is 5.21. The first-order chi connectivity index (χ1) is 14.7. The van der Waals surface area contributed by atoms with E-state index >= 15 is 0 Å². The predicted octanol–water partition coefficient (Wildman–Crippen LogP) is 2.88. The zero-order valence-corrected chi connectivity index (χ0v) is 17.9. The van der Waals surface area contributed by atoms with Crippen molar-refractivity contribution < 1.29 is 14.3 Å². The lowest BCUT2D eigenvalue weighted by atomic mass is 10.00. The molecular formula is C23H32N4O3. The number of carbonyl (C=O) groups excluding carboxylic acids is 2. The van der Waals surface area contributed by atoms with E-state index in [1.54, 1.807) is 12.0 Å². The Morgan fingerprint density at radius 3 is 2.70 bits per heavy atom. The summed E-state index contributed by atoms with van der Waals surface area (Å²) in [5.74, 6) is -0.0574. The normalized spacial score (nSPS) is 15.5. The third-order valence-electron chi connectivity index (χ3n) is 5.46. The van der Waals surface area contributed by atoms with Crippen LogP contribution in [0.2, 0.25) is 0 Å². The fraction of sp³-hybridized carbons (Fsp3) is 0.478. The zero-order chi connectivity index (χ0) is 21.3. The Balaban J connectivity index is 1.77. The zero-order valence-electron chi connectivity index (χ0n) is 17.9. The molecule has 1 aromatic heterocycles. The van der Waals surface area contributed by atoms with Gasteiger partial charge in [-0.15, -0.1) is 0 Å². The minimum atomic E-state index is -0.217. The topological polar surface area (TPSA) is 66.8 Å². The number of nitrogens with zero attached hydrogens (tertiary/aromatic N) is 3. The lowest BCUT2D eigenvalue weighted by Crippen LogP contribution is -2.50. The van der Waals surface area contributed by atoms with Crippen LogP contribution in [0.15, 0.2) is 48.7 Å². The molecule has 0 spiro atoms. The van der Waals surface area contributed by atoms with Crippen LogP contribution in [0.1, 0.15) is 37.1 Å². The van der Waals surface area contributed by atoms with Crippen molar-refractivity contribution in [3.05, 3.63) is 59.9 Å². The minimum absolute atomic E-state index is 0.0331. The minimum Gasteiger partial charge on any atom is -0.383 e. The van der Waals surface area contributed by atoms with Gasteiger partial charge in [0.1, 0.15) is 6.54 Å². The first-order valence-electron chi connectivity index (χ1n) is 10.7. The van der Waals surface area contributed by atoms with Crippen LogP contribution in [-0.2, 0) is 16.1 Å². The van der Waals surface area contributed by atoms with E-state index in [0.29, 0.717) is 26.2 Å². The van der Waals surface area contributed by atoms with Crippen molar-refractivity contribution in [1.29, 1.82) is 0 Å². The standard InChI is InChI=1S/C23H32N4O3/c1-3-4-12-24-23(29)26(16-17-30-2)18-21(28)27-15-14-25-13-8-11-20(25)22(27)19-9-6-5-7-10-19/h5-11,13,22H,3-4,12,14-18H2,1-2H3,(H,24,29). The van der Waals surface area contributed by atoms with Crippen molar-refractivity contribution in [3.8, 4) is 0 Å². The smallest absolute Gasteiger partial charge is 0.317 e. The Morgan fingerprint density at radius 1 is 1.17 bits per heavy atom. The lowest BCUT2D eigenvalue weighted by Gasteiger charge is -2.38. The molecule has 2 heterocycles. The van der Waals surface area contributed by atoms with Gasteiger partial charge in [-0.05, 0) is 24.1 Å². The summed E-state index contributed by atoms with van der Waals surface area (Å²) < 4.78 is 7.35. The fourth-order valence-electron chi connectivity index (χ4n) is 3.83. The maximum atomic E-state index is 13.4. The molecule has 1 unspecified atom stereocenters. The fourth-order valence-corrected chi connectivity index (χ4v) is 3.83. The summed E-state index contributed by atoms with van der Waals surface area (Å²) >= 11 is 0. The molecule has 0 aliphatic carbocycles. The van der Waals surface area contributed by atoms with Gasteiger partial charge in [-0.2, -0.15) is 0 Å². The number of ether oxygens (including phenoxy) is 1. The second-order valence-corrected chi connectivity index (χ2v) is 7.53. The quantitative estimate of drug-likeness (QED) is 0.644. The third-order valence-corrected chi connectivity index (χ3v) is 5.46. The number of hydrogen-bond donors (Lipinski definition) is 1. The van der Waals surface area contributed by atoms with E-state index in [-0.39, 0.29) is 24.5 Å². The molecule has 30 heavy (non-hydrogen) atoms. The molecule has 1 aliphatic heterocycles. The summed E-state index contributed by atoms with van der Waals surface area (Å²) in [7, 11) is 1.60. The van der Waals surface area contributed by atoms with Gasteiger partial charge in [-0.3, -0.25) is 4.79 Å². The molecule has 0 radical (unpaired) electrons. The van der Waals surface area contributed by atoms with Crippen LogP contribution in [0.4, 0.5) is 4.79 Å². The summed E-state index contributed by atoms with van der Waals surface area (Å²) in [4.78, 5) is 29.5. The van der Waals surface area contributed by atoms with Crippen LogP contribution in [0.25, 0.3) is 0 Å². The van der Waals surface area contributed by atoms with Gasteiger partial charge >= 0.3 is 6.03 Å². The number of urea groups is 1. The van der Waals surface area contributed by atoms with E-state index in [2.05, 4.69) is 29.1 Å². The molecule has 1 atom stereocenters. The van der Waals surface area contributed by atoms with Gasteiger partial charge in [0, 0.05) is 45.2 Å². The van der Waals surface area contributed by atoms with Crippen molar-refractivity contribution in [1.82, 2.24) is 19.7 Å². The van der Waals surface area contributed by atoms with Gasteiger partial charge in [0.2, 0.25) is 5.91 Å². The van der Waals surface area contributed by atoms with Gasteiger partial charge in [-0.25, -0.2) is 4.79 Å². The Morgan fingerprint density at radius 2 is 1.97 bits per heavy atom. The second-order valence-electron chi connectivity index (χ2n) is 7.53. The molecule has 0 saturated carbocycles. The lowest BCUT2D eigenvalue weighted by molar-refractivity contribution is -0.134. The number of aromatic nitrogens is 1. The van der Waals surface area contributed by atoms with Crippen LogP contribution in [-0.4, -0.2) is 66.2 Å². The van der Waals surface area contributed by atoms with E-state index in [1.807, 2.05) is 41.3 Å². The van der Waals surface area contributed by atoms with Crippen molar-refractivity contribution in [3.63, 3.8) is 0 Å². The van der Waals surface area contributed by atoms with Crippen molar-refractivity contribution in [2.75, 3.05) is 39.9 Å². The monoisotopic (exact) mass is 412 g/mol. The highest BCUT2D eigenvalue weighted by Gasteiger charge is 2.33. The van der Waals surface area contributed by atoms with Crippen LogP contribution in [0.3, 0.4) is 0 Å². The SMILES string of the molecule is CCCCNC(=O)N(CCOC)CC(=O)N1CCn2cccc2C1c1ccccc1. The molecule has 1 aromatic carbocycles. The van der Waals surface area contributed by atoms with Gasteiger partial charge in [0.05, 0.1) is 12.6 Å². The molecule has 7 heteroatoms. The number of hydrogen-bond acceptors (Lipinski definition) is 3. The van der Waals surface area contributed by atoms with Crippen LogP contribution in [0.5, 0.6) is 0 Å². The average Bonchev–Trinajstić information content (AvgIpc) is 3.25. The molecule has 1 aliphatic rings. The van der Waals surface area contributed by atoms with Crippen LogP contribution < -0.4 is 5.32 Å². The number of nitrogens with one attached hydrogen (secondary N) is 1. The molecule has 2 aromatic rings. The molecular weight excluding hydrogens is 380 g/mol. The first kappa shape index (κ1) is 21.9. The Kier molecular flexibility index (Phi) is 7.90. The van der Waals surface area contributed by atoms with E-state index < -0.39 is 0 Å². The second kappa shape index (κ2) is 10.8. The van der Waals surface area contributed by atoms with Crippen LogP contribution in [0, 0.1) is 0 Å². The summed E-state index contributed by atoms with van der Waals surface area (Å²) in [6, 6.07) is 13.8. The number of methoxy groups -OCH3 is 1. The summed E-state index contributed by atoms with van der Waals surface area (Å²) in [6.45, 7) is 4.84. The number of carbonyl (C=O) groups is 2. The molecule has 7 nitrogen and oxygen atoms in total. The highest BCUT2D eigenvalue weighted by Crippen LogP contribution is 2.32. The van der Waals surface area contributed by atoms with Crippen molar-refractivity contribution in [2.24, 2.45) is 0 Å². The van der Waals surface area contributed by atoms with Gasteiger partial charge < -0.3 is 24.4 Å². The van der Waals surface area contributed by atoms with Gasteiger partial charge in [0.15, 0.2) is 0 Å². The number of amides is 3. The van der Waals surface area contributed by atoms with E-state index in [0.717, 1.165) is 30.6 Å². The number of rotatable bonds is 9. The van der Waals surface area contributed by atoms with E-state index in [9.17, 15) is 9.59 Å². The first-order valence-corrected chi connectivity index (χ1v) is 10.7. The Labute approximate surface area is 178 Å². The predicted molar refractivity (Wildman–Crippen MR) is 116 cm³/mol. The molecule has 3 rings (SSSR count). The maximum Gasteiger partial charge on any atom is 0.317 e. The molecule has 1 N–H and O–H groups in total. The summed E-state index contributed by atoms with van der Waals surface area (Å²) in [6.07, 6.45) is 3.97. The number of benzene rings is 1. The van der Waals surface area contributed by atoms with Crippen molar-refractivity contribution >= 4 is 11.9 Å². The van der Waals surface area contributed by atoms with Crippen molar-refractivity contribution in [2.45, 2.75) is 32.4 Å². The molecule has 3 amide bonds. The summed E-state index contributed by atoms with van der Waals surface area (Å²) in [5, 5.41) is 2.91. The summed E-state index contributed by atoms with van der Waals surface area (Å²) in [5.41, 5.74) is 2.16. The Bertz CT molecular complexity index is 821. The molecule has 0 fully saturated rings. The van der Waals surface area contributed by atoms with E-state index in [4.69, 9.17) is 4.74 Å². The molecule has 0 saturated heterocycles. The largest absolute Gasteiger partial charge is 0.383 e. The molecule has 0 bridgehead atoms. The Hall–Kier alpha value is -2.80. The number of fused-ring (bicyclic) bond motifs is 1. The molecule has 162 valence electrons. The van der Waals surface area contributed by atoms with Crippen LogP contribution >= 0.6 is 0 Å². The van der Waals surface area contributed by atoms with Gasteiger partial charge in [-0.1, -0.05) is 43.7 Å². The highest BCUT2D eigenvalue weighted by molar-refractivity contribution is 5.84. The van der Waals surface area contributed by atoms with E-state index in [1.165, 1.54) is 0 Å². The number of unbranched alkanes of at least 4 members (excludes halogenated alkanes) is 1.